The van der Waals surface area contributed by atoms with Crippen LogP contribution in [0.3, 0.4) is 0 Å². The summed E-state index contributed by atoms with van der Waals surface area (Å²) in [6.45, 7) is 6.82. The smallest absolute Gasteiger partial charge is 0.322 e. The second kappa shape index (κ2) is 6.31. The molecule has 0 saturated carbocycles. The molecule has 0 spiro atoms. The second-order valence-corrected chi connectivity index (χ2v) is 5.42. The predicted octanol–water partition coefficient (Wildman–Crippen LogP) is 1.43. The Morgan fingerprint density at radius 1 is 1.44 bits per heavy atom. The number of carbonyl (C=O) groups excluding carboxylic acids is 1. The van der Waals surface area contributed by atoms with E-state index in [0.29, 0.717) is 0 Å². The van der Waals surface area contributed by atoms with Crippen molar-refractivity contribution < 1.29 is 9.53 Å². The van der Waals surface area contributed by atoms with Crippen LogP contribution >= 0.6 is 11.3 Å². The number of piperazine rings is 1. The molecule has 5 heteroatoms. The van der Waals surface area contributed by atoms with E-state index in [0.717, 1.165) is 32.7 Å². The summed E-state index contributed by atoms with van der Waals surface area (Å²) in [7, 11) is 1.45. The van der Waals surface area contributed by atoms with Gasteiger partial charge in [0.05, 0.1) is 7.11 Å². The van der Waals surface area contributed by atoms with Gasteiger partial charge in [-0.05, 0) is 29.3 Å². The summed E-state index contributed by atoms with van der Waals surface area (Å²) in [5.41, 5.74) is 1.38. The van der Waals surface area contributed by atoms with Crippen LogP contribution in [0.2, 0.25) is 0 Å². The van der Waals surface area contributed by atoms with Gasteiger partial charge in [0.2, 0.25) is 0 Å². The van der Waals surface area contributed by atoms with Crippen LogP contribution in [0.25, 0.3) is 0 Å². The molecular formula is C13H20N2O2S. The largest absolute Gasteiger partial charge is 0.468 e. The third-order valence-electron chi connectivity index (χ3n) is 3.48. The lowest BCUT2D eigenvalue weighted by Crippen LogP contribution is -2.51. The van der Waals surface area contributed by atoms with E-state index >= 15 is 0 Å². The molecule has 4 nitrogen and oxygen atoms in total. The highest BCUT2D eigenvalue weighted by atomic mass is 32.1. The number of methoxy groups -OCH3 is 1. The minimum absolute atomic E-state index is 0.127. The molecule has 1 aliphatic heterocycles. The topological polar surface area (TPSA) is 32.8 Å². The zero-order valence-electron chi connectivity index (χ0n) is 11.0. The van der Waals surface area contributed by atoms with Gasteiger partial charge in [0.15, 0.2) is 0 Å². The lowest BCUT2D eigenvalue weighted by atomic mass is 10.2. The summed E-state index contributed by atoms with van der Waals surface area (Å²) >= 11 is 1.74. The lowest BCUT2D eigenvalue weighted by Gasteiger charge is -2.36. The third kappa shape index (κ3) is 3.31. The predicted molar refractivity (Wildman–Crippen MR) is 72.6 cm³/mol. The van der Waals surface area contributed by atoms with E-state index in [4.69, 9.17) is 4.74 Å². The van der Waals surface area contributed by atoms with Crippen molar-refractivity contribution in [3.8, 4) is 0 Å². The van der Waals surface area contributed by atoms with Gasteiger partial charge in [-0.25, -0.2) is 0 Å². The second-order valence-electron chi connectivity index (χ2n) is 4.64. The number of nitrogens with zero attached hydrogens (tertiary/aromatic N) is 2. The van der Waals surface area contributed by atoms with E-state index in [1.165, 1.54) is 12.7 Å². The van der Waals surface area contributed by atoms with Gasteiger partial charge in [-0.15, -0.1) is 0 Å². The van der Waals surface area contributed by atoms with Gasteiger partial charge >= 0.3 is 5.97 Å². The molecule has 100 valence electrons. The highest BCUT2D eigenvalue weighted by Crippen LogP contribution is 2.13. The van der Waals surface area contributed by atoms with Crippen LogP contribution in [0.15, 0.2) is 16.8 Å². The first kappa shape index (κ1) is 13.5. The van der Waals surface area contributed by atoms with Crippen molar-refractivity contribution in [3.63, 3.8) is 0 Å². The molecule has 0 amide bonds. The van der Waals surface area contributed by atoms with E-state index in [2.05, 4.69) is 26.6 Å². The normalized spacial score (nSPS) is 19.7. The van der Waals surface area contributed by atoms with E-state index < -0.39 is 0 Å². The molecule has 0 N–H and O–H groups in total. The first-order chi connectivity index (χ1) is 8.70. The van der Waals surface area contributed by atoms with Crippen molar-refractivity contribution in [2.45, 2.75) is 19.5 Å². The molecule has 2 heterocycles. The average molecular weight is 268 g/mol. The first-order valence-electron chi connectivity index (χ1n) is 6.26. The number of rotatable bonds is 4. The maximum absolute atomic E-state index is 11.5. The summed E-state index contributed by atoms with van der Waals surface area (Å²) < 4.78 is 4.78. The quantitative estimate of drug-likeness (QED) is 0.773. The zero-order chi connectivity index (χ0) is 13.0. The Balaban J connectivity index is 1.79. The molecular weight excluding hydrogens is 248 g/mol. The molecule has 0 radical (unpaired) electrons. The maximum atomic E-state index is 11.5. The fraction of sp³-hybridized carbons (Fsp3) is 0.615. The van der Waals surface area contributed by atoms with Crippen molar-refractivity contribution in [1.29, 1.82) is 0 Å². The third-order valence-corrected chi connectivity index (χ3v) is 4.22. The summed E-state index contributed by atoms with van der Waals surface area (Å²) in [5, 5.41) is 4.31. The van der Waals surface area contributed by atoms with E-state index in [1.807, 2.05) is 6.92 Å². The van der Waals surface area contributed by atoms with E-state index in [1.54, 1.807) is 11.3 Å². The fourth-order valence-electron chi connectivity index (χ4n) is 2.27. The number of hydrogen-bond acceptors (Lipinski definition) is 5. The highest BCUT2D eigenvalue weighted by Gasteiger charge is 2.25. The van der Waals surface area contributed by atoms with Gasteiger partial charge in [-0.1, -0.05) is 0 Å². The minimum Gasteiger partial charge on any atom is -0.468 e. The monoisotopic (exact) mass is 268 g/mol. The van der Waals surface area contributed by atoms with Gasteiger partial charge < -0.3 is 4.74 Å². The molecule has 1 saturated heterocycles. The maximum Gasteiger partial charge on any atom is 0.322 e. The van der Waals surface area contributed by atoms with Gasteiger partial charge in [-0.2, -0.15) is 11.3 Å². The van der Waals surface area contributed by atoms with Crippen LogP contribution in [0.4, 0.5) is 0 Å². The number of thiophene rings is 1. The van der Waals surface area contributed by atoms with E-state index in [9.17, 15) is 4.79 Å². The Labute approximate surface area is 112 Å². The van der Waals surface area contributed by atoms with Crippen LogP contribution in [-0.4, -0.2) is 55.1 Å². The summed E-state index contributed by atoms with van der Waals surface area (Å²) in [5.74, 6) is -0.138. The van der Waals surface area contributed by atoms with Crippen molar-refractivity contribution in [2.75, 3.05) is 33.3 Å². The Bertz CT molecular complexity index is 372. The van der Waals surface area contributed by atoms with Crippen LogP contribution < -0.4 is 0 Å². The SMILES string of the molecule is COC(=O)C(C)N1CCN(Cc2ccsc2)CC1. The molecule has 1 aliphatic rings. The Kier molecular flexibility index (Phi) is 4.74. The van der Waals surface area contributed by atoms with Gasteiger partial charge in [0.1, 0.15) is 6.04 Å². The number of ether oxygens (including phenoxy) is 1. The number of esters is 1. The van der Waals surface area contributed by atoms with Crippen LogP contribution in [0.5, 0.6) is 0 Å². The molecule has 1 aromatic heterocycles. The average Bonchev–Trinajstić information content (AvgIpc) is 2.91. The standard InChI is InChI=1S/C13H20N2O2S/c1-11(13(16)17-2)15-6-4-14(5-7-15)9-12-3-8-18-10-12/h3,8,10-11H,4-7,9H2,1-2H3. The molecule has 1 atom stereocenters. The van der Waals surface area contributed by atoms with Crippen molar-refractivity contribution >= 4 is 17.3 Å². The molecule has 0 aliphatic carbocycles. The highest BCUT2D eigenvalue weighted by molar-refractivity contribution is 7.07. The summed E-state index contributed by atoms with van der Waals surface area (Å²) in [4.78, 5) is 16.1. The Morgan fingerprint density at radius 3 is 2.72 bits per heavy atom. The Morgan fingerprint density at radius 2 is 2.17 bits per heavy atom. The summed E-state index contributed by atoms with van der Waals surface area (Å²) in [6.07, 6.45) is 0. The van der Waals surface area contributed by atoms with Crippen LogP contribution in [0, 0.1) is 0 Å². The molecule has 0 aromatic carbocycles. The molecule has 1 fully saturated rings. The fourth-order valence-corrected chi connectivity index (χ4v) is 2.93. The molecule has 1 aromatic rings. The zero-order valence-corrected chi connectivity index (χ0v) is 11.8. The van der Waals surface area contributed by atoms with Crippen LogP contribution in [-0.2, 0) is 16.1 Å². The van der Waals surface area contributed by atoms with Crippen LogP contribution in [0.1, 0.15) is 12.5 Å². The molecule has 18 heavy (non-hydrogen) atoms. The number of carbonyl (C=O) groups is 1. The first-order valence-corrected chi connectivity index (χ1v) is 7.20. The van der Waals surface area contributed by atoms with Gasteiger partial charge in [0, 0.05) is 32.7 Å². The van der Waals surface area contributed by atoms with Gasteiger partial charge in [-0.3, -0.25) is 14.6 Å². The Hall–Kier alpha value is -0.910. The molecule has 1 unspecified atom stereocenters. The molecule has 2 rings (SSSR count). The summed E-state index contributed by atoms with van der Waals surface area (Å²) in [6, 6.07) is 2.05. The van der Waals surface area contributed by atoms with E-state index in [-0.39, 0.29) is 12.0 Å². The van der Waals surface area contributed by atoms with Crippen molar-refractivity contribution in [2.24, 2.45) is 0 Å². The molecule has 0 bridgehead atoms. The van der Waals surface area contributed by atoms with Crippen molar-refractivity contribution in [1.82, 2.24) is 9.80 Å². The van der Waals surface area contributed by atoms with Crippen molar-refractivity contribution in [3.05, 3.63) is 22.4 Å². The van der Waals surface area contributed by atoms with Gasteiger partial charge in [0.25, 0.3) is 0 Å². The number of hydrogen-bond donors (Lipinski definition) is 0. The minimum atomic E-state index is -0.138. The lowest BCUT2D eigenvalue weighted by molar-refractivity contribution is -0.147.